The molecular weight excluding hydrogens is 348 g/mol. The molecule has 0 radical (unpaired) electrons. The monoisotopic (exact) mass is 384 g/mol. The summed E-state index contributed by atoms with van der Waals surface area (Å²) in [6.07, 6.45) is 13.1. The maximum absolute atomic E-state index is 9.59. The zero-order valence-electron chi connectivity index (χ0n) is 18.0. The highest BCUT2D eigenvalue weighted by Crippen LogP contribution is 2.64. The molecule has 4 rings (SSSR count). The maximum atomic E-state index is 9.59. The van der Waals surface area contributed by atoms with Gasteiger partial charge in [-0.1, -0.05) is 43.4 Å². The number of hydrogen-bond acceptors (Lipinski definition) is 3. The van der Waals surface area contributed by atoms with Crippen LogP contribution in [0.2, 0.25) is 0 Å². The van der Waals surface area contributed by atoms with Gasteiger partial charge in [0.1, 0.15) is 12.9 Å². The molecule has 4 aliphatic carbocycles. The first kappa shape index (κ1) is 20.2. The van der Waals surface area contributed by atoms with E-state index in [1.54, 1.807) is 19.6 Å². The number of rotatable bonds is 3. The zero-order chi connectivity index (χ0) is 19.9. The Kier molecular flexibility index (Phi) is 5.51. The summed E-state index contributed by atoms with van der Waals surface area (Å²) in [5, 5.41) is 9.59. The lowest BCUT2D eigenvalue weighted by Crippen LogP contribution is -2.50. The van der Waals surface area contributed by atoms with Crippen molar-refractivity contribution in [2.24, 2.45) is 28.6 Å². The molecule has 3 nitrogen and oxygen atoms in total. The van der Waals surface area contributed by atoms with Crippen LogP contribution < -0.4 is 0 Å². The van der Waals surface area contributed by atoms with Crippen molar-refractivity contribution in [1.29, 1.82) is 0 Å². The number of aliphatic hydroxyl groups is 1. The summed E-state index contributed by atoms with van der Waals surface area (Å²) in [4.78, 5) is 0. The van der Waals surface area contributed by atoms with E-state index in [4.69, 9.17) is 9.47 Å². The molecule has 28 heavy (non-hydrogen) atoms. The first-order valence-electron chi connectivity index (χ1n) is 11.1. The van der Waals surface area contributed by atoms with E-state index in [1.165, 1.54) is 31.3 Å². The third-order valence-electron chi connectivity index (χ3n) is 8.48. The van der Waals surface area contributed by atoms with Crippen LogP contribution in [-0.4, -0.2) is 31.2 Å². The summed E-state index contributed by atoms with van der Waals surface area (Å²) in [5.74, 6) is 8.55. The number of allylic oxidation sites excluding steroid dienone is 3. The summed E-state index contributed by atoms with van der Waals surface area (Å²) in [7, 11) is 1.70. The van der Waals surface area contributed by atoms with Crippen LogP contribution in [0.5, 0.6) is 0 Å². The summed E-state index contributed by atoms with van der Waals surface area (Å²) in [5.41, 5.74) is 3.47. The van der Waals surface area contributed by atoms with Crippen LogP contribution in [0.1, 0.15) is 65.7 Å². The van der Waals surface area contributed by atoms with E-state index in [2.05, 4.69) is 37.8 Å². The molecule has 0 spiro atoms. The number of fused-ring (bicyclic) bond motifs is 5. The van der Waals surface area contributed by atoms with Gasteiger partial charge in [-0.3, -0.25) is 0 Å². The van der Waals surface area contributed by atoms with Crippen LogP contribution in [-0.2, 0) is 9.47 Å². The highest BCUT2D eigenvalue weighted by atomic mass is 16.7. The molecule has 0 saturated heterocycles. The quantitative estimate of drug-likeness (QED) is 0.429. The lowest BCUT2D eigenvalue weighted by molar-refractivity contribution is -0.0944. The summed E-state index contributed by atoms with van der Waals surface area (Å²) in [6, 6.07) is 0. The molecule has 0 aromatic heterocycles. The van der Waals surface area contributed by atoms with E-state index in [1.807, 2.05) is 0 Å². The van der Waals surface area contributed by atoms with E-state index in [9.17, 15) is 5.11 Å². The molecule has 0 aliphatic heterocycles. The Morgan fingerprint density at radius 3 is 2.68 bits per heavy atom. The Balaban J connectivity index is 1.54. The summed E-state index contributed by atoms with van der Waals surface area (Å²) >= 11 is 0. The van der Waals surface area contributed by atoms with Crippen LogP contribution in [0.3, 0.4) is 0 Å². The second kappa shape index (κ2) is 7.63. The topological polar surface area (TPSA) is 38.7 Å². The molecule has 4 aliphatic rings. The SMILES string of the molecule is COCO[C@H]1CC[C@@]2(C)C(=CC[C@@H]3[C@@H]2CC[C@]2(C)C(C#CC(C)O)=CC[C@@H]32)C1. The van der Waals surface area contributed by atoms with Gasteiger partial charge in [-0.25, -0.2) is 0 Å². The number of aliphatic hydroxyl groups excluding tert-OH is 1. The van der Waals surface area contributed by atoms with Crippen LogP contribution >= 0.6 is 0 Å². The molecule has 154 valence electrons. The molecule has 3 heteroatoms. The Hall–Kier alpha value is -1.08. The van der Waals surface area contributed by atoms with E-state index >= 15 is 0 Å². The smallest absolute Gasteiger partial charge is 0.146 e. The molecule has 2 fully saturated rings. The molecular formula is C25H36O3. The highest BCUT2D eigenvalue weighted by molar-refractivity contribution is 5.41. The lowest BCUT2D eigenvalue weighted by atomic mass is 9.47. The van der Waals surface area contributed by atoms with Crippen molar-refractivity contribution >= 4 is 0 Å². The average Bonchev–Trinajstić information content (AvgIpc) is 3.01. The van der Waals surface area contributed by atoms with Gasteiger partial charge in [0.2, 0.25) is 0 Å². The van der Waals surface area contributed by atoms with Crippen LogP contribution in [0.25, 0.3) is 0 Å². The fourth-order valence-corrected chi connectivity index (χ4v) is 6.88. The van der Waals surface area contributed by atoms with Crippen molar-refractivity contribution in [3.63, 3.8) is 0 Å². The highest BCUT2D eigenvalue weighted by Gasteiger charge is 2.56. The molecule has 7 atom stereocenters. The van der Waals surface area contributed by atoms with E-state index in [0.29, 0.717) is 24.2 Å². The fraction of sp³-hybridized carbons (Fsp3) is 0.760. The van der Waals surface area contributed by atoms with Gasteiger partial charge in [-0.15, -0.1) is 0 Å². The summed E-state index contributed by atoms with van der Waals surface area (Å²) in [6.45, 7) is 7.12. The number of ether oxygens (including phenoxy) is 2. The molecule has 0 aromatic rings. The predicted molar refractivity (Wildman–Crippen MR) is 111 cm³/mol. The lowest BCUT2D eigenvalue weighted by Gasteiger charge is -2.57. The molecule has 0 heterocycles. The number of hydrogen-bond donors (Lipinski definition) is 1. The van der Waals surface area contributed by atoms with Gasteiger partial charge in [0.05, 0.1) is 6.10 Å². The third kappa shape index (κ3) is 3.28. The van der Waals surface area contributed by atoms with Crippen LogP contribution in [0, 0.1) is 40.4 Å². The molecule has 2 saturated carbocycles. The molecule has 0 bridgehead atoms. The van der Waals surface area contributed by atoms with Gasteiger partial charge >= 0.3 is 0 Å². The van der Waals surface area contributed by atoms with Crippen LogP contribution in [0.4, 0.5) is 0 Å². The first-order valence-corrected chi connectivity index (χ1v) is 11.1. The molecule has 0 aromatic carbocycles. The largest absolute Gasteiger partial charge is 0.381 e. The Labute approximate surface area is 170 Å². The van der Waals surface area contributed by atoms with Gasteiger partial charge < -0.3 is 14.6 Å². The predicted octanol–water partition coefficient (Wildman–Crippen LogP) is 4.86. The van der Waals surface area contributed by atoms with Crippen LogP contribution in [0.15, 0.2) is 23.3 Å². The van der Waals surface area contributed by atoms with E-state index in [-0.39, 0.29) is 5.41 Å². The average molecular weight is 385 g/mol. The zero-order valence-corrected chi connectivity index (χ0v) is 18.0. The van der Waals surface area contributed by atoms with E-state index in [0.717, 1.165) is 31.1 Å². The Bertz CT molecular complexity index is 724. The fourth-order valence-electron chi connectivity index (χ4n) is 6.88. The van der Waals surface area contributed by atoms with Crippen molar-refractivity contribution in [3.8, 4) is 11.8 Å². The van der Waals surface area contributed by atoms with Crippen molar-refractivity contribution in [3.05, 3.63) is 23.3 Å². The van der Waals surface area contributed by atoms with Gasteiger partial charge in [-0.05, 0) is 75.0 Å². The molecule has 1 unspecified atom stereocenters. The maximum Gasteiger partial charge on any atom is 0.146 e. The van der Waals surface area contributed by atoms with Gasteiger partial charge in [0.25, 0.3) is 0 Å². The van der Waals surface area contributed by atoms with Gasteiger partial charge in [0, 0.05) is 18.1 Å². The Morgan fingerprint density at radius 1 is 1.14 bits per heavy atom. The second-order valence-electron chi connectivity index (χ2n) is 9.95. The van der Waals surface area contributed by atoms with Gasteiger partial charge in [-0.2, -0.15) is 0 Å². The second-order valence-corrected chi connectivity index (χ2v) is 9.95. The normalized spacial score (nSPS) is 42.9. The van der Waals surface area contributed by atoms with Crippen molar-refractivity contribution in [2.75, 3.05) is 13.9 Å². The minimum Gasteiger partial charge on any atom is -0.381 e. The van der Waals surface area contributed by atoms with Crippen molar-refractivity contribution in [1.82, 2.24) is 0 Å². The van der Waals surface area contributed by atoms with Gasteiger partial charge in [0.15, 0.2) is 0 Å². The number of methoxy groups -OCH3 is 1. The molecule has 1 N–H and O–H groups in total. The minimum absolute atomic E-state index is 0.198. The molecule has 0 amide bonds. The summed E-state index contributed by atoms with van der Waals surface area (Å²) < 4.78 is 11.0. The van der Waals surface area contributed by atoms with Crippen molar-refractivity contribution < 1.29 is 14.6 Å². The third-order valence-corrected chi connectivity index (χ3v) is 8.48. The van der Waals surface area contributed by atoms with Crippen molar-refractivity contribution in [2.45, 2.75) is 77.9 Å². The standard InChI is InChI=1S/C25H36O3/c1-17(26)5-6-18-8-10-22-21-9-7-19-15-20(28-16-27-4)11-13-25(19,3)23(21)12-14-24(18,22)2/h7-8,17,20-23,26H,9-16H2,1-4H3/t17?,20-,21-,22-,23-,24+,25-/m0/s1. The first-order chi connectivity index (χ1) is 13.4. The Morgan fingerprint density at radius 2 is 1.93 bits per heavy atom. The minimum atomic E-state index is -0.547. The van der Waals surface area contributed by atoms with E-state index < -0.39 is 6.10 Å².